The molecular formula is C13H26O. The Labute approximate surface area is 89.3 Å². The molecule has 14 heavy (non-hydrogen) atoms. The Hall–Kier alpha value is -0.330. The highest BCUT2D eigenvalue weighted by Crippen LogP contribution is 2.28. The highest BCUT2D eigenvalue weighted by Gasteiger charge is 2.27. The topological polar surface area (TPSA) is 17.1 Å². The van der Waals surface area contributed by atoms with Crippen molar-refractivity contribution in [3.63, 3.8) is 0 Å². The molecule has 0 aromatic carbocycles. The lowest BCUT2D eigenvalue weighted by molar-refractivity contribution is -0.130. The number of carbonyl (C=O) groups excluding carboxylic acids is 1. The molecule has 0 fully saturated rings. The smallest absolute Gasteiger partial charge is 0.140 e. The largest absolute Gasteiger partial charge is 0.299 e. The molecule has 0 aliphatic heterocycles. The van der Waals surface area contributed by atoms with Crippen LogP contribution in [0.1, 0.15) is 61.3 Å². The Morgan fingerprint density at radius 2 is 1.50 bits per heavy atom. The molecule has 1 nitrogen and oxygen atoms in total. The fourth-order valence-corrected chi connectivity index (χ4v) is 1.52. The van der Waals surface area contributed by atoms with E-state index in [2.05, 4.69) is 27.7 Å². The normalized spacial score (nSPS) is 15.4. The average Bonchev–Trinajstić information content (AvgIpc) is 1.95. The van der Waals surface area contributed by atoms with E-state index in [0.717, 1.165) is 12.8 Å². The van der Waals surface area contributed by atoms with Crippen LogP contribution in [0.5, 0.6) is 0 Å². The van der Waals surface area contributed by atoms with Crippen LogP contribution >= 0.6 is 0 Å². The lowest BCUT2D eigenvalue weighted by atomic mass is 9.79. The van der Waals surface area contributed by atoms with Gasteiger partial charge in [0.2, 0.25) is 0 Å². The number of ketones is 1. The summed E-state index contributed by atoms with van der Waals surface area (Å²) in [5, 5.41) is 0. The van der Waals surface area contributed by atoms with Crippen molar-refractivity contribution in [3.05, 3.63) is 0 Å². The third-order valence-corrected chi connectivity index (χ3v) is 2.51. The predicted octanol–water partition coefficient (Wildman–Crippen LogP) is 4.06. The van der Waals surface area contributed by atoms with E-state index in [1.807, 2.05) is 20.8 Å². The predicted molar refractivity (Wildman–Crippen MR) is 62.3 cm³/mol. The van der Waals surface area contributed by atoms with Crippen LogP contribution in [0.4, 0.5) is 0 Å². The first-order valence-corrected chi connectivity index (χ1v) is 5.58. The molecule has 0 unspecified atom stereocenters. The number of carbonyl (C=O) groups is 1. The first-order chi connectivity index (χ1) is 6.04. The summed E-state index contributed by atoms with van der Waals surface area (Å²) in [6, 6.07) is 0. The maximum absolute atomic E-state index is 11.9. The van der Waals surface area contributed by atoms with E-state index in [4.69, 9.17) is 0 Å². The monoisotopic (exact) mass is 198 g/mol. The maximum atomic E-state index is 11.9. The SMILES string of the molecule is C[C@H](CCC(C)(C)C)C(=O)C(C)(C)C. The van der Waals surface area contributed by atoms with Gasteiger partial charge >= 0.3 is 0 Å². The second-order valence-corrected chi connectivity index (χ2v) is 6.61. The molecule has 0 aliphatic rings. The van der Waals surface area contributed by atoms with E-state index in [0.29, 0.717) is 11.2 Å². The average molecular weight is 198 g/mol. The van der Waals surface area contributed by atoms with Gasteiger partial charge in [0.1, 0.15) is 5.78 Å². The van der Waals surface area contributed by atoms with Gasteiger partial charge in [-0.2, -0.15) is 0 Å². The minimum absolute atomic E-state index is 0.183. The number of rotatable bonds is 3. The molecule has 0 saturated heterocycles. The second kappa shape index (κ2) is 4.46. The van der Waals surface area contributed by atoms with Gasteiger partial charge in [-0.25, -0.2) is 0 Å². The summed E-state index contributed by atoms with van der Waals surface area (Å²) in [5.41, 5.74) is 0.156. The van der Waals surface area contributed by atoms with Gasteiger partial charge in [0.05, 0.1) is 0 Å². The standard InChI is InChI=1S/C13H26O/c1-10(8-9-12(2,3)4)11(14)13(5,6)7/h10H,8-9H2,1-7H3/t10-/m1/s1. The van der Waals surface area contributed by atoms with Crippen LogP contribution in [0, 0.1) is 16.7 Å². The van der Waals surface area contributed by atoms with E-state index in [1.165, 1.54) is 0 Å². The molecule has 1 atom stereocenters. The quantitative estimate of drug-likeness (QED) is 0.668. The number of hydrogen-bond donors (Lipinski definition) is 0. The number of Topliss-reactive ketones (excluding diaryl/α,β-unsaturated/α-hetero) is 1. The summed E-state index contributed by atoms with van der Waals surface area (Å²) < 4.78 is 0. The van der Waals surface area contributed by atoms with Crippen LogP contribution in [0.15, 0.2) is 0 Å². The van der Waals surface area contributed by atoms with Crippen molar-refractivity contribution in [1.82, 2.24) is 0 Å². The molecule has 0 spiro atoms. The highest BCUT2D eigenvalue weighted by atomic mass is 16.1. The summed E-state index contributed by atoms with van der Waals surface area (Å²) in [6.45, 7) is 14.7. The fraction of sp³-hybridized carbons (Fsp3) is 0.923. The minimum Gasteiger partial charge on any atom is -0.299 e. The molecule has 0 rings (SSSR count). The van der Waals surface area contributed by atoms with Crippen molar-refractivity contribution in [2.75, 3.05) is 0 Å². The van der Waals surface area contributed by atoms with Crippen LogP contribution in [-0.2, 0) is 4.79 Å². The molecular weight excluding hydrogens is 172 g/mol. The van der Waals surface area contributed by atoms with E-state index < -0.39 is 0 Å². The van der Waals surface area contributed by atoms with Crippen molar-refractivity contribution >= 4 is 5.78 Å². The van der Waals surface area contributed by atoms with Crippen molar-refractivity contribution < 1.29 is 4.79 Å². The van der Waals surface area contributed by atoms with Gasteiger partial charge in [-0.1, -0.05) is 48.5 Å². The molecule has 0 aromatic rings. The zero-order chi connectivity index (χ0) is 11.6. The summed E-state index contributed by atoms with van der Waals surface area (Å²) in [4.78, 5) is 11.9. The lowest BCUT2D eigenvalue weighted by Gasteiger charge is -2.25. The zero-order valence-electron chi connectivity index (χ0n) is 10.9. The molecule has 1 heteroatoms. The molecule has 84 valence electrons. The van der Waals surface area contributed by atoms with E-state index in [1.54, 1.807) is 0 Å². The van der Waals surface area contributed by atoms with Crippen molar-refractivity contribution in [1.29, 1.82) is 0 Å². The molecule has 0 radical (unpaired) electrons. The Balaban J connectivity index is 4.11. The van der Waals surface area contributed by atoms with Crippen LogP contribution in [0.2, 0.25) is 0 Å². The Morgan fingerprint density at radius 1 is 1.07 bits per heavy atom. The second-order valence-electron chi connectivity index (χ2n) is 6.61. The van der Waals surface area contributed by atoms with Gasteiger partial charge in [-0.15, -0.1) is 0 Å². The molecule has 0 N–H and O–H groups in total. The highest BCUT2D eigenvalue weighted by molar-refractivity contribution is 5.85. The summed E-state index contributed by atoms with van der Waals surface area (Å²) >= 11 is 0. The van der Waals surface area contributed by atoms with Crippen LogP contribution in [0.25, 0.3) is 0 Å². The molecule has 0 amide bonds. The zero-order valence-corrected chi connectivity index (χ0v) is 10.9. The van der Waals surface area contributed by atoms with Gasteiger partial charge in [-0.3, -0.25) is 4.79 Å². The molecule has 0 saturated carbocycles. The molecule has 0 heterocycles. The van der Waals surface area contributed by atoms with Gasteiger partial charge in [0.15, 0.2) is 0 Å². The first-order valence-electron chi connectivity index (χ1n) is 5.58. The van der Waals surface area contributed by atoms with Crippen LogP contribution < -0.4 is 0 Å². The molecule has 0 bridgehead atoms. The maximum Gasteiger partial charge on any atom is 0.140 e. The van der Waals surface area contributed by atoms with Crippen LogP contribution in [0.3, 0.4) is 0 Å². The van der Waals surface area contributed by atoms with Gasteiger partial charge in [-0.05, 0) is 18.3 Å². The van der Waals surface area contributed by atoms with E-state index in [9.17, 15) is 4.79 Å². The Morgan fingerprint density at radius 3 is 1.79 bits per heavy atom. The summed E-state index contributed by atoms with van der Waals surface area (Å²) in [7, 11) is 0. The van der Waals surface area contributed by atoms with Gasteiger partial charge in [0.25, 0.3) is 0 Å². The third kappa shape index (κ3) is 5.41. The third-order valence-electron chi connectivity index (χ3n) is 2.51. The molecule has 0 aliphatic carbocycles. The first kappa shape index (κ1) is 13.7. The van der Waals surface area contributed by atoms with Crippen LogP contribution in [-0.4, -0.2) is 5.78 Å². The van der Waals surface area contributed by atoms with Crippen molar-refractivity contribution in [2.24, 2.45) is 16.7 Å². The van der Waals surface area contributed by atoms with Crippen molar-refractivity contribution in [3.8, 4) is 0 Å². The van der Waals surface area contributed by atoms with E-state index in [-0.39, 0.29) is 11.3 Å². The number of hydrogen-bond acceptors (Lipinski definition) is 1. The minimum atomic E-state index is -0.183. The summed E-state index contributed by atoms with van der Waals surface area (Å²) in [6.07, 6.45) is 2.13. The fourth-order valence-electron chi connectivity index (χ4n) is 1.52. The van der Waals surface area contributed by atoms with Gasteiger partial charge in [0, 0.05) is 11.3 Å². The molecule has 0 aromatic heterocycles. The lowest BCUT2D eigenvalue weighted by Crippen LogP contribution is -2.27. The van der Waals surface area contributed by atoms with Crippen molar-refractivity contribution in [2.45, 2.75) is 61.3 Å². The Kier molecular flexibility index (Phi) is 4.35. The van der Waals surface area contributed by atoms with Gasteiger partial charge < -0.3 is 0 Å². The Bertz CT molecular complexity index is 190. The summed E-state index contributed by atoms with van der Waals surface area (Å²) in [5.74, 6) is 0.593. The van der Waals surface area contributed by atoms with E-state index >= 15 is 0 Å².